The van der Waals surface area contributed by atoms with E-state index in [0.29, 0.717) is 22.7 Å². The predicted octanol–water partition coefficient (Wildman–Crippen LogP) is 3.10. The van der Waals surface area contributed by atoms with E-state index in [2.05, 4.69) is 13.8 Å². The van der Waals surface area contributed by atoms with Crippen molar-refractivity contribution < 1.29 is 0 Å². The van der Waals surface area contributed by atoms with E-state index in [4.69, 9.17) is 22.9 Å². The van der Waals surface area contributed by atoms with Gasteiger partial charge in [-0.3, -0.25) is 0 Å². The molecule has 4 nitrogen and oxygen atoms in total. The molecule has 0 saturated heterocycles. The number of nitrogen functional groups attached to an aromatic ring is 4. The van der Waals surface area contributed by atoms with Crippen molar-refractivity contribution in [2.75, 3.05) is 22.9 Å². The smallest absolute Gasteiger partial charge is 0.0554 e. The van der Waals surface area contributed by atoms with Gasteiger partial charge in [-0.25, -0.2) is 0 Å². The van der Waals surface area contributed by atoms with Gasteiger partial charge in [-0.1, -0.05) is 32.4 Å². The fourth-order valence-electron chi connectivity index (χ4n) is 1.51. The molecule has 4 heteroatoms. The van der Waals surface area contributed by atoms with E-state index in [9.17, 15) is 0 Å². The van der Waals surface area contributed by atoms with Crippen LogP contribution in [-0.2, 0) is 0 Å². The highest BCUT2D eigenvalue weighted by Gasteiger charge is 2.02. The van der Waals surface area contributed by atoms with Gasteiger partial charge in [0.1, 0.15) is 0 Å². The Morgan fingerprint density at radius 3 is 1.21 bits per heavy atom. The Morgan fingerprint density at radius 1 is 0.632 bits per heavy atom. The molecule has 8 N–H and O–H groups in total. The molecular formula is C15H22N4. The number of rotatable bonds is 1. The molecular weight excluding hydrogens is 236 g/mol. The molecule has 0 aliphatic carbocycles. The van der Waals surface area contributed by atoms with Crippen LogP contribution >= 0.6 is 0 Å². The Hall–Kier alpha value is -2.36. The van der Waals surface area contributed by atoms with Crippen molar-refractivity contribution in [3.8, 4) is 11.1 Å². The highest BCUT2D eigenvalue weighted by atomic mass is 14.7. The van der Waals surface area contributed by atoms with Gasteiger partial charge in [0.25, 0.3) is 0 Å². The summed E-state index contributed by atoms with van der Waals surface area (Å²) in [4.78, 5) is 0. The van der Waals surface area contributed by atoms with Crippen LogP contribution in [0.15, 0.2) is 36.4 Å². The first-order valence-electron chi connectivity index (χ1n) is 6.29. The van der Waals surface area contributed by atoms with Gasteiger partial charge in [-0.15, -0.1) is 0 Å². The van der Waals surface area contributed by atoms with Crippen LogP contribution in [0.4, 0.5) is 22.7 Å². The molecule has 2 aromatic rings. The van der Waals surface area contributed by atoms with Crippen molar-refractivity contribution in [1.82, 2.24) is 0 Å². The van der Waals surface area contributed by atoms with Crippen LogP contribution in [0, 0.1) is 0 Å². The zero-order chi connectivity index (χ0) is 14.4. The maximum absolute atomic E-state index is 5.74. The Bertz CT molecular complexity index is 500. The number of benzene rings is 2. The van der Waals surface area contributed by atoms with Crippen molar-refractivity contribution in [3.05, 3.63) is 36.4 Å². The van der Waals surface area contributed by atoms with Crippen molar-refractivity contribution in [2.24, 2.45) is 0 Å². The van der Waals surface area contributed by atoms with Crippen LogP contribution in [0.5, 0.6) is 0 Å². The summed E-state index contributed by atoms with van der Waals surface area (Å²) in [6, 6.07) is 11.0. The fraction of sp³-hybridized carbons (Fsp3) is 0.200. The number of nitrogens with two attached hydrogens (primary N) is 4. The van der Waals surface area contributed by atoms with Gasteiger partial charge in [0.15, 0.2) is 0 Å². The van der Waals surface area contributed by atoms with Crippen LogP contribution in [-0.4, -0.2) is 0 Å². The molecule has 0 bridgehead atoms. The second kappa shape index (κ2) is 6.54. The van der Waals surface area contributed by atoms with E-state index in [-0.39, 0.29) is 0 Å². The summed E-state index contributed by atoms with van der Waals surface area (Å²) in [5.74, 6) is 0. The maximum Gasteiger partial charge on any atom is 0.0554 e. The normalized spacial score (nSPS) is 9.58. The number of anilines is 4. The van der Waals surface area contributed by atoms with Gasteiger partial charge >= 0.3 is 0 Å². The third-order valence-electron chi connectivity index (χ3n) is 2.51. The molecule has 0 unspecified atom stereocenters. The standard InChI is InChI=1S/C12H14N4.C3H8/c13-9-3-1-7(5-11(9)15)8-2-4-10(14)12(16)6-8;1-3-2/h1-6H,13-16H2;3H2,1-2H3. The molecule has 0 amide bonds. The molecule has 19 heavy (non-hydrogen) atoms. The lowest BCUT2D eigenvalue weighted by Gasteiger charge is -2.07. The average molecular weight is 258 g/mol. The average Bonchev–Trinajstić information content (AvgIpc) is 2.37. The monoisotopic (exact) mass is 258 g/mol. The lowest BCUT2D eigenvalue weighted by atomic mass is 10.0. The van der Waals surface area contributed by atoms with Crippen molar-refractivity contribution in [1.29, 1.82) is 0 Å². The van der Waals surface area contributed by atoms with Gasteiger partial charge < -0.3 is 22.9 Å². The van der Waals surface area contributed by atoms with Crippen LogP contribution in [0.1, 0.15) is 20.3 Å². The molecule has 0 heterocycles. The maximum atomic E-state index is 5.74. The Kier molecular flexibility index (Phi) is 5.06. The molecule has 0 saturated carbocycles. The lowest BCUT2D eigenvalue weighted by molar-refractivity contribution is 1.09. The van der Waals surface area contributed by atoms with Gasteiger partial charge in [-0.05, 0) is 35.4 Å². The minimum Gasteiger partial charge on any atom is -0.397 e. The minimum absolute atomic E-state index is 0.563. The van der Waals surface area contributed by atoms with Crippen molar-refractivity contribution in [3.63, 3.8) is 0 Å². The van der Waals surface area contributed by atoms with E-state index in [1.165, 1.54) is 6.42 Å². The van der Waals surface area contributed by atoms with Gasteiger partial charge in [0.2, 0.25) is 0 Å². The minimum atomic E-state index is 0.563. The SMILES string of the molecule is CCC.Nc1ccc(-c2ccc(N)c(N)c2)cc1N. The van der Waals surface area contributed by atoms with Crippen LogP contribution in [0.3, 0.4) is 0 Å². The van der Waals surface area contributed by atoms with Crippen molar-refractivity contribution >= 4 is 22.7 Å². The van der Waals surface area contributed by atoms with Crippen molar-refractivity contribution in [2.45, 2.75) is 20.3 Å². The van der Waals surface area contributed by atoms with Gasteiger partial charge in [0.05, 0.1) is 22.7 Å². The molecule has 2 rings (SSSR count). The Morgan fingerprint density at radius 2 is 0.947 bits per heavy atom. The van der Waals surface area contributed by atoms with E-state index in [1.807, 2.05) is 24.3 Å². The Labute approximate surface area is 114 Å². The van der Waals surface area contributed by atoms with E-state index >= 15 is 0 Å². The highest BCUT2D eigenvalue weighted by molar-refractivity contribution is 5.78. The van der Waals surface area contributed by atoms with E-state index < -0.39 is 0 Å². The third-order valence-corrected chi connectivity index (χ3v) is 2.51. The highest BCUT2D eigenvalue weighted by Crippen LogP contribution is 2.28. The first-order chi connectivity index (χ1) is 8.99. The molecule has 102 valence electrons. The molecule has 0 aliphatic rings. The molecule has 0 fully saturated rings. The van der Waals surface area contributed by atoms with Crippen LogP contribution < -0.4 is 22.9 Å². The molecule has 0 aliphatic heterocycles. The summed E-state index contributed by atoms with van der Waals surface area (Å²) in [6.45, 7) is 4.25. The van der Waals surface area contributed by atoms with E-state index in [1.54, 1.807) is 12.1 Å². The third kappa shape index (κ3) is 3.81. The Balaban J connectivity index is 0.000000550. The zero-order valence-electron chi connectivity index (χ0n) is 11.5. The number of hydrogen-bond donors (Lipinski definition) is 4. The molecule has 0 radical (unpaired) electrons. The zero-order valence-corrected chi connectivity index (χ0v) is 11.5. The summed E-state index contributed by atoms with van der Waals surface area (Å²) in [5, 5.41) is 0. The first-order valence-corrected chi connectivity index (χ1v) is 6.29. The molecule has 2 aromatic carbocycles. The van der Waals surface area contributed by atoms with Gasteiger partial charge in [-0.2, -0.15) is 0 Å². The summed E-state index contributed by atoms with van der Waals surface area (Å²) in [5.41, 5.74) is 27.0. The predicted molar refractivity (Wildman–Crippen MR) is 85.5 cm³/mol. The fourth-order valence-corrected chi connectivity index (χ4v) is 1.51. The largest absolute Gasteiger partial charge is 0.397 e. The summed E-state index contributed by atoms with van der Waals surface area (Å²) in [6.07, 6.45) is 1.25. The van der Waals surface area contributed by atoms with E-state index in [0.717, 1.165) is 11.1 Å². The van der Waals surface area contributed by atoms with Gasteiger partial charge in [0, 0.05) is 0 Å². The molecule has 0 spiro atoms. The second-order valence-electron chi connectivity index (χ2n) is 4.39. The van der Waals surface area contributed by atoms with Crippen LogP contribution in [0.25, 0.3) is 11.1 Å². The topological polar surface area (TPSA) is 104 Å². The second-order valence-corrected chi connectivity index (χ2v) is 4.39. The number of hydrogen-bond acceptors (Lipinski definition) is 4. The summed E-state index contributed by atoms with van der Waals surface area (Å²) < 4.78 is 0. The first kappa shape index (κ1) is 14.7. The molecule has 0 aromatic heterocycles. The molecule has 0 atom stereocenters. The lowest BCUT2D eigenvalue weighted by Crippen LogP contribution is -1.96. The van der Waals surface area contributed by atoms with Crippen LogP contribution in [0.2, 0.25) is 0 Å². The summed E-state index contributed by atoms with van der Waals surface area (Å²) >= 11 is 0. The summed E-state index contributed by atoms with van der Waals surface area (Å²) in [7, 11) is 0. The quantitative estimate of drug-likeness (QED) is 0.590.